The summed E-state index contributed by atoms with van der Waals surface area (Å²) in [6, 6.07) is 18.3. The van der Waals surface area contributed by atoms with Gasteiger partial charge in [-0.25, -0.2) is 0 Å². The Morgan fingerprint density at radius 3 is 2.31 bits per heavy atom. The predicted molar refractivity (Wildman–Crippen MR) is 114 cm³/mol. The third-order valence-electron chi connectivity index (χ3n) is 5.73. The number of hydrogen-bond donors (Lipinski definition) is 1. The molecule has 1 saturated heterocycles. The number of ether oxygens (including phenoxy) is 2. The van der Waals surface area contributed by atoms with Crippen molar-refractivity contribution < 1.29 is 14.3 Å². The standard InChI is InChI=1S/C23H29N3O3/c1-17(25-12-14-26(15-13-25)19-8-4-3-5-9-19)16-24-23(27)22-18(2)28-20-10-6-7-11-21(20)29-22/h3-11,17-18,22H,12-16H2,1-2H3,(H,24,27). The third kappa shape index (κ3) is 4.48. The van der Waals surface area contributed by atoms with Gasteiger partial charge in [-0.1, -0.05) is 30.3 Å². The van der Waals surface area contributed by atoms with Crippen LogP contribution in [0.1, 0.15) is 13.8 Å². The first-order valence-electron chi connectivity index (χ1n) is 10.4. The number of anilines is 1. The maximum atomic E-state index is 12.7. The fourth-order valence-electron chi connectivity index (χ4n) is 3.94. The number of piperazine rings is 1. The molecule has 1 N–H and O–H groups in total. The zero-order valence-electron chi connectivity index (χ0n) is 17.1. The number of para-hydroxylation sites is 3. The van der Waals surface area contributed by atoms with Gasteiger partial charge in [-0.3, -0.25) is 9.69 Å². The molecule has 6 nitrogen and oxygen atoms in total. The van der Waals surface area contributed by atoms with E-state index in [4.69, 9.17) is 9.47 Å². The number of benzene rings is 2. The average molecular weight is 396 g/mol. The average Bonchev–Trinajstić information content (AvgIpc) is 2.77. The fourth-order valence-corrected chi connectivity index (χ4v) is 3.94. The molecule has 29 heavy (non-hydrogen) atoms. The summed E-state index contributed by atoms with van der Waals surface area (Å²) in [6.45, 7) is 8.59. The summed E-state index contributed by atoms with van der Waals surface area (Å²) >= 11 is 0. The Morgan fingerprint density at radius 2 is 1.62 bits per heavy atom. The Labute approximate surface area is 172 Å². The SMILES string of the molecule is CC1Oc2ccccc2OC1C(=O)NCC(C)N1CCN(c2ccccc2)CC1. The van der Waals surface area contributed by atoms with E-state index in [1.165, 1.54) is 5.69 Å². The molecule has 4 rings (SSSR count). The zero-order valence-corrected chi connectivity index (χ0v) is 17.1. The van der Waals surface area contributed by atoms with E-state index in [0.717, 1.165) is 26.2 Å². The summed E-state index contributed by atoms with van der Waals surface area (Å²) in [5, 5.41) is 3.05. The molecule has 1 amide bonds. The summed E-state index contributed by atoms with van der Waals surface area (Å²) in [5.41, 5.74) is 1.27. The van der Waals surface area contributed by atoms with Crippen LogP contribution in [0.3, 0.4) is 0 Å². The summed E-state index contributed by atoms with van der Waals surface area (Å²) in [7, 11) is 0. The van der Waals surface area contributed by atoms with E-state index in [9.17, 15) is 4.79 Å². The Kier molecular flexibility index (Phi) is 5.90. The number of amides is 1. The Bertz CT molecular complexity index is 821. The minimum atomic E-state index is -0.632. The van der Waals surface area contributed by atoms with Gasteiger partial charge < -0.3 is 19.7 Å². The van der Waals surface area contributed by atoms with E-state index >= 15 is 0 Å². The molecule has 3 atom stereocenters. The van der Waals surface area contributed by atoms with Crippen LogP contribution in [0.2, 0.25) is 0 Å². The van der Waals surface area contributed by atoms with Gasteiger partial charge in [0, 0.05) is 44.5 Å². The largest absolute Gasteiger partial charge is 0.482 e. The second-order valence-corrected chi connectivity index (χ2v) is 7.76. The first-order valence-corrected chi connectivity index (χ1v) is 10.4. The maximum Gasteiger partial charge on any atom is 0.265 e. The summed E-state index contributed by atoms with van der Waals surface area (Å²) < 4.78 is 11.7. The number of carbonyl (C=O) groups excluding carboxylic acids is 1. The Hall–Kier alpha value is -2.73. The van der Waals surface area contributed by atoms with E-state index in [0.29, 0.717) is 18.0 Å². The van der Waals surface area contributed by atoms with Gasteiger partial charge in [-0.05, 0) is 38.1 Å². The lowest BCUT2D eigenvalue weighted by Crippen LogP contribution is -2.54. The zero-order chi connectivity index (χ0) is 20.2. The van der Waals surface area contributed by atoms with Crippen LogP contribution in [-0.2, 0) is 4.79 Å². The quantitative estimate of drug-likeness (QED) is 0.843. The Balaban J connectivity index is 1.26. The fraction of sp³-hybridized carbons (Fsp3) is 0.435. The van der Waals surface area contributed by atoms with Crippen LogP contribution in [-0.4, -0.2) is 61.8 Å². The van der Waals surface area contributed by atoms with Crippen molar-refractivity contribution in [1.82, 2.24) is 10.2 Å². The van der Waals surface area contributed by atoms with Gasteiger partial charge in [0.15, 0.2) is 11.5 Å². The molecule has 2 heterocycles. The number of fused-ring (bicyclic) bond motifs is 1. The van der Waals surface area contributed by atoms with Crippen LogP contribution < -0.4 is 19.7 Å². The normalized spacial score (nSPS) is 22.8. The molecule has 2 aliphatic heterocycles. The topological polar surface area (TPSA) is 54.0 Å². The van der Waals surface area contributed by atoms with Gasteiger partial charge in [-0.15, -0.1) is 0 Å². The molecule has 6 heteroatoms. The van der Waals surface area contributed by atoms with Crippen molar-refractivity contribution in [3.05, 3.63) is 54.6 Å². The van der Waals surface area contributed by atoms with Crippen LogP contribution in [0.4, 0.5) is 5.69 Å². The smallest absolute Gasteiger partial charge is 0.265 e. The maximum absolute atomic E-state index is 12.7. The molecule has 0 bridgehead atoms. The van der Waals surface area contributed by atoms with E-state index in [-0.39, 0.29) is 18.1 Å². The van der Waals surface area contributed by atoms with Crippen molar-refractivity contribution in [2.24, 2.45) is 0 Å². The molecule has 0 radical (unpaired) electrons. The van der Waals surface area contributed by atoms with Crippen LogP contribution in [0.15, 0.2) is 54.6 Å². The minimum Gasteiger partial charge on any atom is -0.482 e. The number of rotatable bonds is 5. The molecule has 2 aromatic rings. The summed E-state index contributed by atoms with van der Waals surface area (Å²) in [4.78, 5) is 17.5. The van der Waals surface area contributed by atoms with Crippen molar-refractivity contribution in [1.29, 1.82) is 0 Å². The lowest BCUT2D eigenvalue weighted by molar-refractivity contribution is -0.133. The molecular formula is C23H29N3O3. The number of hydrogen-bond acceptors (Lipinski definition) is 5. The molecule has 0 saturated carbocycles. The molecule has 0 spiro atoms. The van der Waals surface area contributed by atoms with Crippen LogP contribution in [0.25, 0.3) is 0 Å². The van der Waals surface area contributed by atoms with Gasteiger partial charge >= 0.3 is 0 Å². The number of nitrogens with one attached hydrogen (secondary N) is 1. The highest BCUT2D eigenvalue weighted by Crippen LogP contribution is 2.33. The number of carbonyl (C=O) groups is 1. The molecule has 0 aromatic heterocycles. The monoisotopic (exact) mass is 395 g/mol. The third-order valence-corrected chi connectivity index (χ3v) is 5.73. The highest BCUT2D eigenvalue weighted by Gasteiger charge is 2.34. The molecule has 2 aromatic carbocycles. The molecular weight excluding hydrogens is 366 g/mol. The van der Waals surface area contributed by atoms with Gasteiger partial charge in [0.2, 0.25) is 6.10 Å². The summed E-state index contributed by atoms with van der Waals surface area (Å²) in [5.74, 6) is 1.19. The number of nitrogens with zero attached hydrogens (tertiary/aromatic N) is 2. The van der Waals surface area contributed by atoms with Gasteiger partial charge in [0.05, 0.1) is 0 Å². The minimum absolute atomic E-state index is 0.123. The molecule has 1 fully saturated rings. The first-order chi connectivity index (χ1) is 14.1. The van der Waals surface area contributed by atoms with E-state index < -0.39 is 6.10 Å². The van der Waals surface area contributed by atoms with Crippen molar-refractivity contribution in [3.63, 3.8) is 0 Å². The van der Waals surface area contributed by atoms with Crippen LogP contribution in [0.5, 0.6) is 11.5 Å². The Morgan fingerprint density at radius 1 is 1.00 bits per heavy atom. The van der Waals surface area contributed by atoms with Gasteiger partial charge in [0.25, 0.3) is 5.91 Å². The predicted octanol–water partition coefficient (Wildman–Crippen LogP) is 2.54. The van der Waals surface area contributed by atoms with E-state index in [1.807, 2.05) is 37.3 Å². The summed E-state index contributed by atoms with van der Waals surface area (Å²) in [6.07, 6.45) is -0.957. The molecule has 0 aliphatic carbocycles. The van der Waals surface area contributed by atoms with Crippen molar-refractivity contribution in [3.8, 4) is 11.5 Å². The van der Waals surface area contributed by atoms with E-state index in [1.54, 1.807) is 0 Å². The van der Waals surface area contributed by atoms with Crippen molar-refractivity contribution in [2.45, 2.75) is 32.1 Å². The van der Waals surface area contributed by atoms with Crippen molar-refractivity contribution >= 4 is 11.6 Å². The lowest BCUT2D eigenvalue weighted by atomic mass is 10.1. The highest BCUT2D eigenvalue weighted by molar-refractivity contribution is 5.82. The van der Waals surface area contributed by atoms with Gasteiger partial charge in [-0.2, -0.15) is 0 Å². The lowest BCUT2D eigenvalue weighted by Gasteiger charge is -2.39. The second kappa shape index (κ2) is 8.74. The van der Waals surface area contributed by atoms with Crippen molar-refractivity contribution in [2.75, 3.05) is 37.6 Å². The molecule has 3 unspecified atom stereocenters. The highest BCUT2D eigenvalue weighted by atomic mass is 16.6. The van der Waals surface area contributed by atoms with Crippen LogP contribution >= 0.6 is 0 Å². The van der Waals surface area contributed by atoms with E-state index in [2.05, 4.69) is 46.3 Å². The first kappa shape index (κ1) is 19.6. The second-order valence-electron chi connectivity index (χ2n) is 7.76. The molecule has 154 valence electrons. The van der Waals surface area contributed by atoms with Gasteiger partial charge in [0.1, 0.15) is 6.10 Å². The van der Waals surface area contributed by atoms with Crippen LogP contribution in [0, 0.1) is 0 Å². The molecule has 2 aliphatic rings.